The van der Waals surface area contributed by atoms with E-state index >= 15 is 0 Å². The Morgan fingerprint density at radius 2 is 1.86 bits per heavy atom. The average Bonchev–Trinajstić information content (AvgIpc) is 2.47. The van der Waals surface area contributed by atoms with Crippen LogP contribution in [-0.2, 0) is 0 Å². The van der Waals surface area contributed by atoms with Crippen LogP contribution in [0.5, 0.6) is 0 Å². The molecule has 74 valence electrons. The molecule has 0 aliphatic heterocycles. The summed E-state index contributed by atoms with van der Waals surface area (Å²) in [7, 11) is 0. The zero-order valence-electron chi connectivity index (χ0n) is 8.81. The smallest absolute Gasteiger partial charge is 0.199 e. The third-order valence-electron chi connectivity index (χ3n) is 2.08. The Bertz CT molecular complexity index is 471. The van der Waals surface area contributed by atoms with E-state index in [-0.39, 0.29) is 0 Å². The van der Waals surface area contributed by atoms with Crippen molar-refractivity contribution in [1.29, 1.82) is 0 Å². The van der Waals surface area contributed by atoms with Crippen molar-refractivity contribution in [1.82, 2.24) is 24.8 Å². The van der Waals surface area contributed by atoms with Crippen LogP contribution >= 0.6 is 0 Å². The van der Waals surface area contributed by atoms with Gasteiger partial charge in [-0.2, -0.15) is 4.52 Å². The minimum Gasteiger partial charge on any atom is -0.233 e. The van der Waals surface area contributed by atoms with Crippen molar-refractivity contribution in [3.63, 3.8) is 0 Å². The first-order valence-electron chi connectivity index (χ1n) is 4.66. The Hall–Kier alpha value is -1.52. The minimum atomic E-state index is 0.318. The van der Waals surface area contributed by atoms with Crippen LogP contribution in [0.2, 0.25) is 0 Å². The zero-order chi connectivity index (χ0) is 10.3. The van der Waals surface area contributed by atoms with Crippen LogP contribution < -0.4 is 0 Å². The van der Waals surface area contributed by atoms with E-state index < -0.39 is 0 Å². The van der Waals surface area contributed by atoms with E-state index in [1.54, 1.807) is 4.52 Å². The standard InChI is InChI=1S/C9H13N5/c1-5(2)8-11-12-9-6(3)10-7(4)13-14(8)9/h5H,1-4H3. The highest BCUT2D eigenvalue weighted by atomic mass is 15.4. The number of rotatable bonds is 1. The van der Waals surface area contributed by atoms with E-state index in [0.29, 0.717) is 5.92 Å². The molecule has 0 amide bonds. The lowest BCUT2D eigenvalue weighted by atomic mass is 10.2. The second kappa shape index (κ2) is 3.01. The molecule has 2 aromatic rings. The predicted molar refractivity (Wildman–Crippen MR) is 52.1 cm³/mol. The number of hydrogen-bond acceptors (Lipinski definition) is 4. The van der Waals surface area contributed by atoms with Gasteiger partial charge in [-0.05, 0) is 13.8 Å². The second-order valence-electron chi connectivity index (χ2n) is 3.69. The lowest BCUT2D eigenvalue weighted by molar-refractivity contribution is 0.704. The van der Waals surface area contributed by atoms with Gasteiger partial charge in [-0.15, -0.1) is 15.3 Å². The molecule has 0 fully saturated rings. The van der Waals surface area contributed by atoms with Gasteiger partial charge in [0.25, 0.3) is 0 Å². The van der Waals surface area contributed by atoms with Crippen molar-refractivity contribution in [3.8, 4) is 0 Å². The Kier molecular flexibility index (Phi) is 1.94. The molecule has 5 heteroatoms. The van der Waals surface area contributed by atoms with E-state index in [2.05, 4.69) is 34.1 Å². The van der Waals surface area contributed by atoms with Crippen LogP contribution in [0, 0.1) is 13.8 Å². The molecule has 0 atom stereocenters. The van der Waals surface area contributed by atoms with Gasteiger partial charge < -0.3 is 0 Å². The molecule has 0 aliphatic carbocycles. The van der Waals surface area contributed by atoms with Crippen LogP contribution in [0.3, 0.4) is 0 Å². The molecule has 0 saturated heterocycles. The molecule has 2 aromatic heterocycles. The molecule has 2 rings (SSSR count). The molecule has 14 heavy (non-hydrogen) atoms. The van der Waals surface area contributed by atoms with Gasteiger partial charge in [0.2, 0.25) is 0 Å². The molecule has 0 aliphatic rings. The lowest BCUT2D eigenvalue weighted by Crippen LogP contribution is -2.05. The topological polar surface area (TPSA) is 56.0 Å². The summed E-state index contributed by atoms with van der Waals surface area (Å²) in [5, 5.41) is 12.5. The summed E-state index contributed by atoms with van der Waals surface area (Å²) in [5.74, 6) is 1.95. The van der Waals surface area contributed by atoms with Gasteiger partial charge in [0.1, 0.15) is 5.82 Å². The maximum absolute atomic E-state index is 4.30. The molecular formula is C9H13N5. The van der Waals surface area contributed by atoms with Crippen LogP contribution in [-0.4, -0.2) is 24.8 Å². The number of aryl methyl sites for hydroxylation is 2. The van der Waals surface area contributed by atoms with Gasteiger partial charge in [0.05, 0.1) is 5.69 Å². The summed E-state index contributed by atoms with van der Waals surface area (Å²) in [4.78, 5) is 4.24. The molecule has 0 saturated carbocycles. The Labute approximate surface area is 82.2 Å². The maximum Gasteiger partial charge on any atom is 0.199 e. The minimum absolute atomic E-state index is 0.318. The van der Waals surface area contributed by atoms with Gasteiger partial charge in [0.15, 0.2) is 11.5 Å². The molecule has 0 bridgehead atoms. The van der Waals surface area contributed by atoms with Crippen molar-refractivity contribution in [3.05, 3.63) is 17.3 Å². The molecule has 2 heterocycles. The van der Waals surface area contributed by atoms with Crippen LogP contribution in [0.15, 0.2) is 0 Å². The highest BCUT2D eigenvalue weighted by molar-refractivity contribution is 5.41. The van der Waals surface area contributed by atoms with Crippen molar-refractivity contribution in [2.24, 2.45) is 0 Å². The highest BCUT2D eigenvalue weighted by Crippen LogP contribution is 2.13. The summed E-state index contributed by atoms with van der Waals surface area (Å²) in [6, 6.07) is 0. The number of nitrogens with zero attached hydrogens (tertiary/aromatic N) is 5. The summed E-state index contributed by atoms with van der Waals surface area (Å²) >= 11 is 0. The van der Waals surface area contributed by atoms with Crippen LogP contribution in [0.4, 0.5) is 0 Å². The predicted octanol–water partition coefficient (Wildman–Crippen LogP) is 1.26. The van der Waals surface area contributed by atoms with Gasteiger partial charge >= 0.3 is 0 Å². The SMILES string of the molecule is Cc1nc(C)c2nnc(C(C)C)n2n1. The van der Waals surface area contributed by atoms with Crippen molar-refractivity contribution < 1.29 is 0 Å². The molecule has 0 radical (unpaired) electrons. The lowest BCUT2D eigenvalue weighted by Gasteiger charge is -2.02. The van der Waals surface area contributed by atoms with E-state index in [1.807, 2.05) is 13.8 Å². The van der Waals surface area contributed by atoms with Crippen LogP contribution in [0.25, 0.3) is 5.65 Å². The number of fused-ring (bicyclic) bond motifs is 1. The normalized spacial score (nSPS) is 11.5. The molecule has 0 unspecified atom stereocenters. The number of hydrogen-bond donors (Lipinski definition) is 0. The van der Waals surface area contributed by atoms with E-state index in [4.69, 9.17) is 0 Å². The van der Waals surface area contributed by atoms with Gasteiger partial charge in [-0.25, -0.2) is 4.98 Å². The Morgan fingerprint density at radius 1 is 1.14 bits per heavy atom. The highest BCUT2D eigenvalue weighted by Gasteiger charge is 2.12. The number of aromatic nitrogens is 5. The summed E-state index contributed by atoms with van der Waals surface area (Å²) in [6.45, 7) is 7.94. The fraction of sp³-hybridized carbons (Fsp3) is 0.556. The quantitative estimate of drug-likeness (QED) is 0.681. The van der Waals surface area contributed by atoms with Crippen molar-refractivity contribution >= 4 is 5.65 Å². The Balaban J connectivity index is 2.78. The summed E-state index contributed by atoms with van der Waals surface area (Å²) < 4.78 is 1.78. The van der Waals surface area contributed by atoms with E-state index in [1.165, 1.54) is 0 Å². The van der Waals surface area contributed by atoms with E-state index in [9.17, 15) is 0 Å². The second-order valence-corrected chi connectivity index (χ2v) is 3.69. The third-order valence-corrected chi connectivity index (χ3v) is 2.08. The van der Waals surface area contributed by atoms with Crippen molar-refractivity contribution in [2.75, 3.05) is 0 Å². The molecule has 0 N–H and O–H groups in total. The van der Waals surface area contributed by atoms with Crippen LogP contribution in [0.1, 0.15) is 37.1 Å². The zero-order valence-corrected chi connectivity index (χ0v) is 8.81. The van der Waals surface area contributed by atoms with Gasteiger partial charge in [0, 0.05) is 5.92 Å². The fourth-order valence-corrected chi connectivity index (χ4v) is 1.44. The summed E-state index contributed by atoms with van der Waals surface area (Å²) in [5.41, 5.74) is 1.62. The molecule has 5 nitrogen and oxygen atoms in total. The monoisotopic (exact) mass is 191 g/mol. The fourth-order valence-electron chi connectivity index (χ4n) is 1.44. The van der Waals surface area contributed by atoms with Crippen molar-refractivity contribution in [2.45, 2.75) is 33.6 Å². The first-order valence-corrected chi connectivity index (χ1v) is 4.66. The molecule has 0 aromatic carbocycles. The summed E-state index contributed by atoms with van der Waals surface area (Å²) in [6.07, 6.45) is 0. The van der Waals surface area contributed by atoms with E-state index in [0.717, 1.165) is 23.0 Å². The first-order chi connectivity index (χ1) is 6.59. The molecular weight excluding hydrogens is 178 g/mol. The Morgan fingerprint density at radius 3 is 2.50 bits per heavy atom. The average molecular weight is 191 g/mol. The molecule has 0 spiro atoms. The van der Waals surface area contributed by atoms with Gasteiger partial charge in [-0.3, -0.25) is 0 Å². The third kappa shape index (κ3) is 1.25. The first kappa shape index (κ1) is 9.05. The largest absolute Gasteiger partial charge is 0.233 e. The maximum atomic E-state index is 4.30. The van der Waals surface area contributed by atoms with Gasteiger partial charge in [-0.1, -0.05) is 13.8 Å².